The van der Waals surface area contributed by atoms with Gasteiger partial charge in [0.1, 0.15) is 0 Å². The van der Waals surface area contributed by atoms with Crippen molar-refractivity contribution in [2.45, 2.75) is 50.0 Å². The van der Waals surface area contributed by atoms with Crippen LogP contribution in [0.15, 0.2) is 28.8 Å². The van der Waals surface area contributed by atoms with Gasteiger partial charge in [-0.2, -0.15) is 4.98 Å². The normalized spacial score (nSPS) is 21.7. The van der Waals surface area contributed by atoms with Crippen LogP contribution in [0.2, 0.25) is 5.02 Å². The van der Waals surface area contributed by atoms with Crippen molar-refractivity contribution >= 4 is 29.9 Å². The average Bonchev–Trinajstić information content (AvgIpc) is 3.32. The molecule has 1 aromatic carbocycles. The van der Waals surface area contributed by atoms with E-state index in [9.17, 15) is 4.79 Å². The number of amides is 1. The lowest BCUT2D eigenvalue weighted by Crippen LogP contribution is -2.55. The Labute approximate surface area is 169 Å². The van der Waals surface area contributed by atoms with E-state index in [4.69, 9.17) is 21.9 Å². The van der Waals surface area contributed by atoms with Crippen LogP contribution in [0.1, 0.15) is 50.3 Å². The molecule has 8 heteroatoms. The summed E-state index contributed by atoms with van der Waals surface area (Å²) >= 11 is 5.92. The summed E-state index contributed by atoms with van der Waals surface area (Å²) in [5.41, 5.74) is 6.54. The molecule has 1 saturated heterocycles. The van der Waals surface area contributed by atoms with Crippen LogP contribution in [-0.4, -0.2) is 39.6 Å². The van der Waals surface area contributed by atoms with Crippen LogP contribution in [0.5, 0.6) is 0 Å². The highest BCUT2D eigenvalue weighted by molar-refractivity contribution is 6.30. The first kappa shape index (κ1) is 20.1. The molecule has 2 N–H and O–H groups in total. The third-order valence-electron chi connectivity index (χ3n) is 5.52. The Morgan fingerprint density at radius 1 is 1.22 bits per heavy atom. The number of hydrogen-bond acceptors (Lipinski definition) is 5. The van der Waals surface area contributed by atoms with Gasteiger partial charge in [0.2, 0.25) is 17.6 Å². The molecule has 6 nitrogen and oxygen atoms in total. The molecule has 146 valence electrons. The molecule has 2 aromatic rings. The maximum Gasteiger partial charge on any atom is 0.242 e. The fourth-order valence-corrected chi connectivity index (χ4v) is 4.14. The van der Waals surface area contributed by atoms with Gasteiger partial charge in [0.05, 0.1) is 11.5 Å². The van der Waals surface area contributed by atoms with Gasteiger partial charge in [-0.15, -0.1) is 12.4 Å². The molecule has 0 radical (unpaired) electrons. The largest absolute Gasteiger partial charge is 0.340 e. The van der Waals surface area contributed by atoms with Crippen molar-refractivity contribution in [3.63, 3.8) is 0 Å². The van der Waals surface area contributed by atoms with Crippen LogP contribution in [-0.2, 0) is 4.79 Å². The number of halogens is 2. The topological polar surface area (TPSA) is 85.3 Å². The molecule has 1 aromatic heterocycles. The zero-order valence-corrected chi connectivity index (χ0v) is 16.6. The number of nitrogens with two attached hydrogens (primary N) is 1. The zero-order valence-electron chi connectivity index (χ0n) is 15.1. The van der Waals surface area contributed by atoms with Crippen molar-refractivity contribution in [1.82, 2.24) is 15.0 Å². The van der Waals surface area contributed by atoms with Crippen molar-refractivity contribution < 1.29 is 9.32 Å². The number of benzene rings is 1. The number of rotatable bonds is 3. The molecule has 1 aliphatic carbocycles. The van der Waals surface area contributed by atoms with E-state index in [0.717, 1.165) is 50.6 Å². The van der Waals surface area contributed by atoms with E-state index >= 15 is 0 Å². The van der Waals surface area contributed by atoms with Gasteiger partial charge in [-0.1, -0.05) is 29.6 Å². The molecule has 4 rings (SSSR count). The maximum atomic E-state index is 12.9. The maximum absolute atomic E-state index is 12.9. The summed E-state index contributed by atoms with van der Waals surface area (Å²) in [5, 5.41) is 4.76. The van der Waals surface area contributed by atoms with E-state index in [1.165, 1.54) is 0 Å². The van der Waals surface area contributed by atoms with E-state index in [-0.39, 0.29) is 24.2 Å². The molecular weight excluding hydrogens is 387 g/mol. The summed E-state index contributed by atoms with van der Waals surface area (Å²) in [6, 6.07) is 7.34. The van der Waals surface area contributed by atoms with Crippen LogP contribution in [0.25, 0.3) is 11.4 Å². The van der Waals surface area contributed by atoms with Gasteiger partial charge in [-0.3, -0.25) is 4.79 Å². The summed E-state index contributed by atoms with van der Waals surface area (Å²) in [6.45, 7) is 1.35. The van der Waals surface area contributed by atoms with E-state index < -0.39 is 5.54 Å². The van der Waals surface area contributed by atoms with Crippen molar-refractivity contribution in [3.05, 3.63) is 35.2 Å². The molecule has 1 unspecified atom stereocenters. The number of carbonyl (C=O) groups is 1. The van der Waals surface area contributed by atoms with E-state index in [1.54, 1.807) is 12.1 Å². The smallest absolute Gasteiger partial charge is 0.242 e. The highest BCUT2D eigenvalue weighted by Gasteiger charge is 2.41. The number of piperidine rings is 1. The SMILES string of the molecule is Cl.NC1(C(=O)N2CCCC(c3nc(-c4ccc(Cl)cc4)no3)C2)CCCC1. The van der Waals surface area contributed by atoms with Crippen molar-refractivity contribution in [3.8, 4) is 11.4 Å². The van der Waals surface area contributed by atoms with Crippen LogP contribution in [0.3, 0.4) is 0 Å². The standard InChI is InChI=1S/C19H23ClN4O2.ClH/c20-15-7-5-13(6-8-15)16-22-17(26-23-16)14-4-3-11-24(12-14)18(25)19(21)9-1-2-10-19;/h5-8,14H,1-4,9-12,21H2;1H. The first-order valence-corrected chi connectivity index (χ1v) is 9.61. The monoisotopic (exact) mass is 410 g/mol. The molecule has 1 aliphatic heterocycles. The first-order valence-electron chi connectivity index (χ1n) is 9.23. The Balaban J connectivity index is 0.00000210. The lowest BCUT2D eigenvalue weighted by Gasteiger charge is -2.36. The Kier molecular flexibility index (Phi) is 6.08. The quantitative estimate of drug-likeness (QED) is 0.831. The fraction of sp³-hybridized carbons (Fsp3) is 0.526. The summed E-state index contributed by atoms with van der Waals surface area (Å²) in [4.78, 5) is 19.3. The lowest BCUT2D eigenvalue weighted by atomic mass is 9.92. The van der Waals surface area contributed by atoms with Crippen LogP contribution >= 0.6 is 24.0 Å². The number of nitrogens with zero attached hydrogens (tertiary/aromatic N) is 3. The predicted molar refractivity (Wildman–Crippen MR) is 106 cm³/mol. The van der Waals surface area contributed by atoms with Gasteiger partial charge in [0.25, 0.3) is 0 Å². The van der Waals surface area contributed by atoms with E-state index in [1.807, 2.05) is 17.0 Å². The van der Waals surface area contributed by atoms with Gasteiger partial charge in [-0.25, -0.2) is 0 Å². The minimum Gasteiger partial charge on any atom is -0.340 e. The van der Waals surface area contributed by atoms with Crippen LogP contribution in [0.4, 0.5) is 0 Å². The van der Waals surface area contributed by atoms with Crippen molar-refractivity contribution in [2.75, 3.05) is 13.1 Å². The Bertz CT molecular complexity index is 787. The number of hydrogen-bond donors (Lipinski definition) is 1. The van der Waals surface area contributed by atoms with Gasteiger partial charge in [-0.05, 0) is 49.9 Å². The van der Waals surface area contributed by atoms with Crippen LogP contribution < -0.4 is 5.73 Å². The summed E-state index contributed by atoms with van der Waals surface area (Å²) in [7, 11) is 0. The van der Waals surface area contributed by atoms with Gasteiger partial charge in [0.15, 0.2) is 0 Å². The molecular formula is C19H24Cl2N4O2. The summed E-state index contributed by atoms with van der Waals surface area (Å²) in [5.74, 6) is 1.28. The Hall–Kier alpha value is -1.63. The number of carbonyl (C=O) groups excluding carboxylic acids is 1. The van der Waals surface area contributed by atoms with Gasteiger partial charge >= 0.3 is 0 Å². The van der Waals surface area contributed by atoms with E-state index in [2.05, 4.69) is 10.1 Å². The third-order valence-corrected chi connectivity index (χ3v) is 5.78. The average molecular weight is 411 g/mol. The molecule has 2 heterocycles. The van der Waals surface area contributed by atoms with Gasteiger partial charge in [0, 0.05) is 23.7 Å². The minimum absolute atomic E-state index is 0. The van der Waals surface area contributed by atoms with Crippen molar-refractivity contribution in [1.29, 1.82) is 0 Å². The number of aromatic nitrogens is 2. The van der Waals surface area contributed by atoms with Gasteiger partial charge < -0.3 is 15.2 Å². The van der Waals surface area contributed by atoms with E-state index in [0.29, 0.717) is 23.3 Å². The summed E-state index contributed by atoms with van der Waals surface area (Å²) in [6.07, 6.45) is 5.50. The zero-order chi connectivity index (χ0) is 18.1. The molecule has 2 aliphatic rings. The highest BCUT2D eigenvalue weighted by Crippen LogP contribution is 2.33. The second-order valence-electron chi connectivity index (χ2n) is 7.42. The lowest BCUT2D eigenvalue weighted by molar-refractivity contribution is -0.138. The first-order chi connectivity index (χ1) is 12.5. The third kappa shape index (κ3) is 4.13. The van der Waals surface area contributed by atoms with Crippen molar-refractivity contribution in [2.24, 2.45) is 5.73 Å². The molecule has 1 atom stereocenters. The number of likely N-dealkylation sites (tertiary alicyclic amines) is 1. The minimum atomic E-state index is -0.675. The highest BCUT2D eigenvalue weighted by atomic mass is 35.5. The molecule has 0 bridgehead atoms. The molecule has 1 saturated carbocycles. The molecule has 0 spiro atoms. The second kappa shape index (κ2) is 8.17. The van der Waals surface area contributed by atoms with Crippen LogP contribution in [0, 0.1) is 0 Å². The molecule has 27 heavy (non-hydrogen) atoms. The Morgan fingerprint density at radius 3 is 2.63 bits per heavy atom. The molecule has 1 amide bonds. The second-order valence-corrected chi connectivity index (χ2v) is 7.85. The fourth-order valence-electron chi connectivity index (χ4n) is 4.02. The predicted octanol–water partition coefficient (Wildman–Crippen LogP) is 3.79. The summed E-state index contributed by atoms with van der Waals surface area (Å²) < 4.78 is 5.50. The molecule has 2 fully saturated rings. The Morgan fingerprint density at radius 2 is 1.93 bits per heavy atom.